The summed E-state index contributed by atoms with van der Waals surface area (Å²) in [4.78, 5) is 0. The number of hydrogen-bond donors (Lipinski definition) is 1. The van der Waals surface area contributed by atoms with Gasteiger partial charge in [-0.15, -0.1) is 11.3 Å². The zero-order valence-corrected chi connectivity index (χ0v) is 11.7. The van der Waals surface area contributed by atoms with Crippen LogP contribution in [0.3, 0.4) is 0 Å². The molecular formula is C13H15NO2S2. The maximum atomic E-state index is 12.5. The molecule has 3 nitrogen and oxygen atoms in total. The number of hydrogen-bond acceptors (Lipinski definition) is 4. The maximum Gasteiger partial charge on any atom is 0.195 e. The summed E-state index contributed by atoms with van der Waals surface area (Å²) in [5, 5.41) is 1.09. The van der Waals surface area contributed by atoms with Crippen molar-refractivity contribution in [3.05, 3.63) is 52.9 Å². The van der Waals surface area contributed by atoms with E-state index in [0.29, 0.717) is 4.21 Å². The molecular weight excluding hydrogens is 266 g/mol. The Hall–Kier alpha value is -1.17. The number of nitrogens with two attached hydrogens (primary N) is 1. The SMILES string of the molecule is Cc1cccc(C(CN)S(=O)(=O)c2cccs2)c1. The van der Waals surface area contributed by atoms with Gasteiger partial charge in [0.25, 0.3) is 0 Å². The molecule has 1 heterocycles. The van der Waals surface area contributed by atoms with E-state index in [1.165, 1.54) is 11.3 Å². The van der Waals surface area contributed by atoms with Gasteiger partial charge in [-0.05, 0) is 23.9 Å². The summed E-state index contributed by atoms with van der Waals surface area (Å²) in [6.45, 7) is 2.03. The van der Waals surface area contributed by atoms with Crippen LogP contribution in [-0.4, -0.2) is 15.0 Å². The van der Waals surface area contributed by atoms with Crippen LogP contribution in [0.1, 0.15) is 16.4 Å². The number of sulfone groups is 1. The highest BCUT2D eigenvalue weighted by Crippen LogP contribution is 2.30. The van der Waals surface area contributed by atoms with Crippen molar-refractivity contribution < 1.29 is 8.42 Å². The molecule has 5 heteroatoms. The molecule has 0 aliphatic carbocycles. The third-order valence-electron chi connectivity index (χ3n) is 2.78. The van der Waals surface area contributed by atoms with Crippen LogP contribution in [-0.2, 0) is 9.84 Å². The van der Waals surface area contributed by atoms with E-state index in [0.717, 1.165) is 11.1 Å². The molecule has 0 bridgehead atoms. The van der Waals surface area contributed by atoms with E-state index in [4.69, 9.17) is 5.73 Å². The molecule has 0 aliphatic rings. The van der Waals surface area contributed by atoms with Gasteiger partial charge in [-0.3, -0.25) is 0 Å². The quantitative estimate of drug-likeness (QED) is 0.936. The summed E-state index contributed by atoms with van der Waals surface area (Å²) < 4.78 is 25.3. The van der Waals surface area contributed by atoms with Crippen molar-refractivity contribution in [1.29, 1.82) is 0 Å². The van der Waals surface area contributed by atoms with Crippen LogP contribution >= 0.6 is 11.3 Å². The van der Waals surface area contributed by atoms with E-state index < -0.39 is 15.1 Å². The largest absolute Gasteiger partial charge is 0.329 e. The van der Waals surface area contributed by atoms with Gasteiger partial charge in [-0.2, -0.15) is 0 Å². The Balaban J connectivity index is 2.47. The van der Waals surface area contributed by atoms with Crippen molar-refractivity contribution in [2.45, 2.75) is 16.4 Å². The Morgan fingerprint density at radius 3 is 2.61 bits per heavy atom. The molecule has 0 saturated heterocycles. The third-order valence-corrected chi connectivity index (χ3v) is 6.34. The average Bonchev–Trinajstić information content (AvgIpc) is 2.83. The first-order valence-corrected chi connectivity index (χ1v) is 8.02. The smallest absolute Gasteiger partial charge is 0.195 e. The summed E-state index contributed by atoms with van der Waals surface area (Å²) in [6, 6.07) is 10.9. The summed E-state index contributed by atoms with van der Waals surface area (Å²) in [5.41, 5.74) is 7.46. The highest BCUT2D eigenvalue weighted by molar-refractivity contribution is 7.93. The second kappa shape index (κ2) is 5.22. The van der Waals surface area contributed by atoms with Crippen molar-refractivity contribution in [2.75, 3.05) is 6.54 Å². The monoisotopic (exact) mass is 281 g/mol. The molecule has 0 radical (unpaired) electrons. The Bertz CT molecular complexity index is 618. The van der Waals surface area contributed by atoms with Crippen molar-refractivity contribution in [3.8, 4) is 0 Å². The Labute approximate surface area is 111 Å². The molecule has 1 aromatic heterocycles. The molecule has 0 amide bonds. The van der Waals surface area contributed by atoms with E-state index in [1.807, 2.05) is 31.2 Å². The zero-order valence-electron chi connectivity index (χ0n) is 10.0. The van der Waals surface area contributed by atoms with Crippen LogP contribution < -0.4 is 5.73 Å². The van der Waals surface area contributed by atoms with Gasteiger partial charge in [-0.25, -0.2) is 8.42 Å². The van der Waals surface area contributed by atoms with Crippen LogP contribution in [0, 0.1) is 6.92 Å². The van der Waals surface area contributed by atoms with E-state index >= 15 is 0 Å². The normalized spacial score (nSPS) is 13.4. The fraction of sp³-hybridized carbons (Fsp3) is 0.231. The summed E-state index contributed by atoms with van der Waals surface area (Å²) in [5.74, 6) is 0. The Morgan fingerprint density at radius 2 is 2.06 bits per heavy atom. The van der Waals surface area contributed by atoms with Gasteiger partial charge in [0.2, 0.25) is 0 Å². The van der Waals surface area contributed by atoms with Gasteiger partial charge >= 0.3 is 0 Å². The first-order valence-electron chi connectivity index (χ1n) is 5.59. The lowest BCUT2D eigenvalue weighted by Gasteiger charge is -2.15. The molecule has 0 saturated carbocycles. The minimum Gasteiger partial charge on any atom is -0.329 e. The van der Waals surface area contributed by atoms with E-state index in [2.05, 4.69) is 0 Å². The lowest BCUT2D eigenvalue weighted by atomic mass is 10.1. The van der Waals surface area contributed by atoms with Gasteiger partial charge in [0.15, 0.2) is 9.84 Å². The minimum atomic E-state index is -3.38. The van der Waals surface area contributed by atoms with Gasteiger partial charge in [0.05, 0.1) is 0 Å². The molecule has 2 aromatic rings. The summed E-state index contributed by atoms with van der Waals surface area (Å²) in [6.07, 6.45) is 0. The van der Waals surface area contributed by atoms with Gasteiger partial charge in [0, 0.05) is 6.54 Å². The second-order valence-electron chi connectivity index (χ2n) is 4.12. The first kappa shape index (κ1) is 13.3. The van der Waals surface area contributed by atoms with Gasteiger partial charge in [-0.1, -0.05) is 35.9 Å². The van der Waals surface area contributed by atoms with Crippen LogP contribution in [0.25, 0.3) is 0 Å². The van der Waals surface area contributed by atoms with Crippen molar-refractivity contribution in [2.24, 2.45) is 5.73 Å². The van der Waals surface area contributed by atoms with Crippen LogP contribution in [0.4, 0.5) is 0 Å². The summed E-state index contributed by atoms with van der Waals surface area (Å²) >= 11 is 1.23. The molecule has 0 fully saturated rings. The maximum absolute atomic E-state index is 12.5. The van der Waals surface area contributed by atoms with E-state index in [1.54, 1.807) is 17.5 Å². The molecule has 96 valence electrons. The van der Waals surface area contributed by atoms with Gasteiger partial charge in [0.1, 0.15) is 9.46 Å². The molecule has 0 spiro atoms. The third kappa shape index (κ3) is 2.48. The van der Waals surface area contributed by atoms with Crippen LogP contribution in [0.15, 0.2) is 46.0 Å². The van der Waals surface area contributed by atoms with Crippen molar-refractivity contribution in [1.82, 2.24) is 0 Å². The fourth-order valence-electron chi connectivity index (χ4n) is 1.88. The lowest BCUT2D eigenvalue weighted by Crippen LogP contribution is -2.21. The topological polar surface area (TPSA) is 60.2 Å². The first-order chi connectivity index (χ1) is 8.55. The molecule has 0 aliphatic heterocycles. The molecule has 1 aromatic carbocycles. The highest BCUT2D eigenvalue weighted by Gasteiger charge is 2.28. The average molecular weight is 281 g/mol. The predicted octanol–water partition coefficient (Wildman–Crippen LogP) is 2.53. The van der Waals surface area contributed by atoms with Crippen LogP contribution in [0.2, 0.25) is 0 Å². The van der Waals surface area contributed by atoms with E-state index in [9.17, 15) is 8.42 Å². The zero-order chi connectivity index (χ0) is 13.2. The molecule has 1 atom stereocenters. The Morgan fingerprint density at radius 1 is 1.28 bits per heavy atom. The number of benzene rings is 1. The highest BCUT2D eigenvalue weighted by atomic mass is 32.2. The standard InChI is InChI=1S/C13H15NO2S2/c1-10-4-2-5-11(8-10)12(9-14)18(15,16)13-6-3-7-17-13/h2-8,12H,9,14H2,1H3. The minimum absolute atomic E-state index is 0.0870. The second-order valence-corrected chi connectivity index (χ2v) is 7.42. The fourth-order valence-corrected chi connectivity index (χ4v) is 4.68. The lowest BCUT2D eigenvalue weighted by molar-refractivity contribution is 0.584. The van der Waals surface area contributed by atoms with Crippen molar-refractivity contribution >= 4 is 21.2 Å². The van der Waals surface area contributed by atoms with Gasteiger partial charge < -0.3 is 5.73 Å². The van der Waals surface area contributed by atoms with Crippen LogP contribution in [0.5, 0.6) is 0 Å². The van der Waals surface area contributed by atoms with E-state index in [-0.39, 0.29) is 6.54 Å². The molecule has 2 rings (SSSR count). The molecule has 2 N–H and O–H groups in total. The molecule has 1 unspecified atom stereocenters. The predicted molar refractivity (Wildman–Crippen MR) is 74.5 cm³/mol. The summed E-state index contributed by atoms with van der Waals surface area (Å²) in [7, 11) is -3.38. The Kier molecular flexibility index (Phi) is 3.85. The number of rotatable bonds is 4. The number of aryl methyl sites for hydroxylation is 1. The van der Waals surface area contributed by atoms with Crippen molar-refractivity contribution in [3.63, 3.8) is 0 Å². The number of thiophene rings is 1. The molecule has 18 heavy (non-hydrogen) atoms.